The smallest absolute Gasteiger partial charge is 0.243 e. The van der Waals surface area contributed by atoms with E-state index >= 15 is 0 Å². The maximum Gasteiger partial charge on any atom is 0.243 e. The third-order valence-electron chi connectivity index (χ3n) is 5.52. The van der Waals surface area contributed by atoms with E-state index in [1.54, 1.807) is 17.0 Å². The van der Waals surface area contributed by atoms with E-state index in [0.29, 0.717) is 25.1 Å². The lowest BCUT2D eigenvalue weighted by molar-refractivity contribution is -0.140. The largest absolute Gasteiger partial charge is 0.354 e. The highest BCUT2D eigenvalue weighted by Gasteiger charge is 2.30. The molecule has 0 aliphatic heterocycles. The second-order valence-electron chi connectivity index (χ2n) is 8.31. The van der Waals surface area contributed by atoms with Crippen LogP contribution in [0.2, 0.25) is 0 Å². The zero-order valence-corrected chi connectivity index (χ0v) is 19.3. The molecule has 0 saturated heterocycles. The van der Waals surface area contributed by atoms with Crippen LogP contribution >= 0.6 is 0 Å². The standard InChI is InChI=1S/C28H31FN2O2/c1-3-16-30-28(33)26(18-22-9-5-4-6-10-22)31(20-24-11-7-8-21(2)17-24)27(32)19-23-12-14-25(29)15-13-23/h4-15,17,26H,3,16,18-20H2,1-2H3,(H,30,33)/t26-/m1/s1. The summed E-state index contributed by atoms with van der Waals surface area (Å²) in [5.41, 5.74) is 3.75. The first kappa shape index (κ1) is 24.2. The molecular formula is C28H31FN2O2. The molecule has 0 bridgehead atoms. The normalized spacial score (nSPS) is 11.6. The van der Waals surface area contributed by atoms with Crippen LogP contribution < -0.4 is 5.32 Å². The minimum absolute atomic E-state index is 0.0957. The topological polar surface area (TPSA) is 49.4 Å². The number of hydrogen-bond acceptors (Lipinski definition) is 2. The molecule has 3 aromatic rings. The van der Waals surface area contributed by atoms with Crippen LogP contribution in [0.4, 0.5) is 4.39 Å². The Kier molecular flexibility index (Phi) is 8.76. The highest BCUT2D eigenvalue weighted by atomic mass is 19.1. The molecule has 3 rings (SSSR count). The molecule has 0 saturated carbocycles. The zero-order chi connectivity index (χ0) is 23.6. The van der Waals surface area contributed by atoms with E-state index in [0.717, 1.165) is 23.1 Å². The predicted molar refractivity (Wildman–Crippen MR) is 129 cm³/mol. The summed E-state index contributed by atoms with van der Waals surface area (Å²) < 4.78 is 13.4. The van der Waals surface area contributed by atoms with Gasteiger partial charge in [-0.15, -0.1) is 0 Å². The molecular weight excluding hydrogens is 415 g/mol. The van der Waals surface area contributed by atoms with Crippen molar-refractivity contribution in [2.75, 3.05) is 6.54 Å². The van der Waals surface area contributed by atoms with Crippen molar-refractivity contribution in [2.24, 2.45) is 0 Å². The van der Waals surface area contributed by atoms with Gasteiger partial charge in [-0.2, -0.15) is 0 Å². The van der Waals surface area contributed by atoms with Crippen LogP contribution in [0, 0.1) is 12.7 Å². The number of aryl methyl sites for hydroxylation is 1. The van der Waals surface area contributed by atoms with Gasteiger partial charge in [-0.25, -0.2) is 4.39 Å². The average Bonchev–Trinajstić information content (AvgIpc) is 2.82. The van der Waals surface area contributed by atoms with Gasteiger partial charge in [0, 0.05) is 19.5 Å². The second kappa shape index (κ2) is 12.0. The van der Waals surface area contributed by atoms with E-state index in [9.17, 15) is 14.0 Å². The van der Waals surface area contributed by atoms with Crippen molar-refractivity contribution in [3.63, 3.8) is 0 Å². The first-order valence-corrected chi connectivity index (χ1v) is 11.4. The van der Waals surface area contributed by atoms with Gasteiger partial charge in [-0.05, 0) is 42.2 Å². The first-order chi connectivity index (χ1) is 16.0. The van der Waals surface area contributed by atoms with Gasteiger partial charge in [0.05, 0.1) is 6.42 Å². The Morgan fingerprint density at radius 1 is 0.909 bits per heavy atom. The molecule has 2 amide bonds. The molecule has 0 heterocycles. The Hall–Kier alpha value is -3.47. The Balaban J connectivity index is 1.94. The van der Waals surface area contributed by atoms with Crippen molar-refractivity contribution in [2.45, 2.75) is 45.7 Å². The van der Waals surface area contributed by atoms with Crippen LogP contribution in [0.25, 0.3) is 0 Å². The second-order valence-corrected chi connectivity index (χ2v) is 8.31. The molecule has 0 radical (unpaired) electrons. The van der Waals surface area contributed by atoms with Crippen LogP contribution in [0.5, 0.6) is 0 Å². The minimum atomic E-state index is -0.660. The van der Waals surface area contributed by atoms with Gasteiger partial charge in [0.2, 0.25) is 11.8 Å². The molecule has 3 aromatic carbocycles. The van der Waals surface area contributed by atoms with E-state index in [1.165, 1.54) is 12.1 Å². The molecule has 5 heteroatoms. The van der Waals surface area contributed by atoms with Crippen LogP contribution in [-0.4, -0.2) is 29.3 Å². The van der Waals surface area contributed by atoms with Gasteiger partial charge in [-0.3, -0.25) is 9.59 Å². The number of carbonyl (C=O) groups excluding carboxylic acids is 2. The SMILES string of the molecule is CCCNC(=O)[C@@H](Cc1ccccc1)N(Cc1cccc(C)c1)C(=O)Cc1ccc(F)cc1. The highest BCUT2D eigenvalue weighted by molar-refractivity contribution is 5.88. The molecule has 0 aliphatic rings. The average molecular weight is 447 g/mol. The number of nitrogens with one attached hydrogen (secondary N) is 1. The maximum absolute atomic E-state index is 13.5. The molecule has 1 N–H and O–H groups in total. The molecule has 4 nitrogen and oxygen atoms in total. The van der Waals surface area contributed by atoms with Crippen molar-refractivity contribution < 1.29 is 14.0 Å². The predicted octanol–water partition coefficient (Wildman–Crippen LogP) is 4.84. The van der Waals surface area contributed by atoms with Crippen LogP contribution in [-0.2, 0) is 29.0 Å². The van der Waals surface area contributed by atoms with Crippen molar-refractivity contribution in [3.8, 4) is 0 Å². The Morgan fingerprint density at radius 3 is 2.27 bits per heavy atom. The number of carbonyl (C=O) groups is 2. The fraction of sp³-hybridized carbons (Fsp3) is 0.286. The van der Waals surface area contributed by atoms with Crippen LogP contribution in [0.3, 0.4) is 0 Å². The minimum Gasteiger partial charge on any atom is -0.354 e. The van der Waals surface area contributed by atoms with E-state index in [4.69, 9.17) is 0 Å². The lowest BCUT2D eigenvalue weighted by Gasteiger charge is -2.32. The fourth-order valence-corrected chi connectivity index (χ4v) is 3.81. The Bertz CT molecular complexity index is 1050. The van der Waals surface area contributed by atoms with E-state index in [-0.39, 0.29) is 24.1 Å². The number of hydrogen-bond donors (Lipinski definition) is 1. The third kappa shape index (κ3) is 7.28. The molecule has 172 valence electrons. The van der Waals surface area contributed by atoms with Gasteiger partial charge in [0.25, 0.3) is 0 Å². The maximum atomic E-state index is 13.5. The number of halogens is 1. The summed E-state index contributed by atoms with van der Waals surface area (Å²) in [5.74, 6) is -0.680. The third-order valence-corrected chi connectivity index (χ3v) is 5.52. The van der Waals surface area contributed by atoms with E-state index in [2.05, 4.69) is 5.32 Å². The first-order valence-electron chi connectivity index (χ1n) is 11.4. The van der Waals surface area contributed by atoms with Gasteiger partial charge in [0.1, 0.15) is 11.9 Å². The molecule has 0 spiro atoms. The molecule has 0 fully saturated rings. The van der Waals surface area contributed by atoms with Crippen molar-refractivity contribution in [1.82, 2.24) is 10.2 Å². The summed E-state index contributed by atoms with van der Waals surface area (Å²) in [5, 5.41) is 2.97. The number of nitrogens with zero attached hydrogens (tertiary/aromatic N) is 1. The highest BCUT2D eigenvalue weighted by Crippen LogP contribution is 2.17. The summed E-state index contributed by atoms with van der Waals surface area (Å²) in [6.45, 7) is 4.87. The van der Waals surface area contributed by atoms with Crippen molar-refractivity contribution in [1.29, 1.82) is 0 Å². The molecule has 33 heavy (non-hydrogen) atoms. The molecule has 0 unspecified atom stereocenters. The van der Waals surface area contributed by atoms with Gasteiger partial charge >= 0.3 is 0 Å². The summed E-state index contributed by atoms with van der Waals surface area (Å²) in [6.07, 6.45) is 1.32. The van der Waals surface area contributed by atoms with E-state index < -0.39 is 6.04 Å². The summed E-state index contributed by atoms with van der Waals surface area (Å²) >= 11 is 0. The molecule has 0 aliphatic carbocycles. The van der Waals surface area contributed by atoms with E-state index in [1.807, 2.05) is 68.4 Å². The summed E-state index contributed by atoms with van der Waals surface area (Å²) in [4.78, 5) is 28.5. The fourth-order valence-electron chi connectivity index (χ4n) is 3.81. The van der Waals surface area contributed by atoms with Crippen LogP contribution in [0.15, 0.2) is 78.9 Å². The van der Waals surface area contributed by atoms with Crippen molar-refractivity contribution in [3.05, 3.63) is 107 Å². The number of rotatable bonds is 10. The Labute approximate surface area is 195 Å². The lowest BCUT2D eigenvalue weighted by Crippen LogP contribution is -2.51. The van der Waals surface area contributed by atoms with Gasteiger partial charge < -0.3 is 10.2 Å². The zero-order valence-electron chi connectivity index (χ0n) is 19.3. The lowest BCUT2D eigenvalue weighted by atomic mass is 10.0. The quantitative estimate of drug-likeness (QED) is 0.484. The number of benzene rings is 3. The molecule has 1 atom stereocenters. The summed E-state index contributed by atoms with van der Waals surface area (Å²) in [6, 6.07) is 23.0. The number of amides is 2. The van der Waals surface area contributed by atoms with Crippen LogP contribution in [0.1, 0.15) is 35.6 Å². The summed E-state index contributed by atoms with van der Waals surface area (Å²) in [7, 11) is 0. The monoisotopic (exact) mass is 446 g/mol. The van der Waals surface area contributed by atoms with Gasteiger partial charge in [-0.1, -0.05) is 79.2 Å². The molecule has 0 aromatic heterocycles. The van der Waals surface area contributed by atoms with Crippen molar-refractivity contribution >= 4 is 11.8 Å². The van der Waals surface area contributed by atoms with Gasteiger partial charge in [0.15, 0.2) is 0 Å². The Morgan fingerprint density at radius 2 is 1.61 bits per heavy atom.